The molecule has 0 heterocycles. The van der Waals surface area contributed by atoms with Crippen LogP contribution in [0.15, 0.2) is 0 Å². The van der Waals surface area contributed by atoms with E-state index in [0.29, 0.717) is 0 Å². The van der Waals surface area contributed by atoms with Crippen LogP contribution in [0.25, 0.3) is 0 Å². The first-order valence-electron chi connectivity index (χ1n) is 3.48. The highest BCUT2D eigenvalue weighted by Crippen LogP contribution is 2.49. The minimum Gasteiger partial charge on any atom is -0.461 e. The molecule has 9 heteroatoms. The van der Waals surface area contributed by atoms with Gasteiger partial charge in [0.2, 0.25) is 0 Å². The molecule has 15 heavy (non-hydrogen) atoms. The lowest BCUT2D eigenvalue weighted by Crippen LogP contribution is -2.56. The van der Waals surface area contributed by atoms with Crippen molar-refractivity contribution in [2.24, 2.45) is 0 Å². The van der Waals surface area contributed by atoms with Crippen molar-refractivity contribution in [2.45, 2.75) is 22.7 Å². The number of ether oxygens (including phenoxy) is 1. The molecular weight excluding hydrogens is 345 g/mol. The van der Waals surface area contributed by atoms with Crippen molar-refractivity contribution in [1.29, 1.82) is 0 Å². The number of hydrogen-bond donors (Lipinski definition) is 0. The second-order valence-electron chi connectivity index (χ2n) is 2.37. The second-order valence-corrected chi connectivity index (χ2v) is 3.72. The van der Waals surface area contributed by atoms with E-state index < -0.39 is 28.4 Å². The summed E-state index contributed by atoms with van der Waals surface area (Å²) in [4.78, 5) is 10.4. The Morgan fingerprint density at radius 1 is 1.20 bits per heavy atom. The van der Waals surface area contributed by atoms with Crippen LogP contribution >= 0.6 is 22.6 Å². The normalized spacial score (nSPS) is 13.9. The van der Waals surface area contributed by atoms with E-state index in [1.165, 1.54) is 0 Å². The highest BCUT2D eigenvalue weighted by atomic mass is 127. The van der Waals surface area contributed by atoms with E-state index in [4.69, 9.17) is 0 Å². The zero-order chi connectivity index (χ0) is 12.5. The number of esters is 1. The summed E-state index contributed by atoms with van der Waals surface area (Å²) in [5, 5.41) is 0. The summed E-state index contributed by atoms with van der Waals surface area (Å²) in [5.74, 6) is -14.0. The maximum atomic E-state index is 12.6. The summed E-state index contributed by atoms with van der Waals surface area (Å²) >= 11 is -0.165. The van der Waals surface area contributed by atoms with Crippen molar-refractivity contribution in [3.8, 4) is 0 Å². The average Bonchev–Trinajstić information content (AvgIpc) is 2.02. The molecule has 0 bridgehead atoms. The summed E-state index contributed by atoms with van der Waals surface area (Å²) in [5.41, 5.74) is 0. The molecule has 0 aromatic heterocycles. The predicted molar refractivity (Wildman–Crippen MR) is 45.5 cm³/mol. The zero-order valence-corrected chi connectivity index (χ0v) is 9.33. The number of carbonyl (C=O) groups is 1. The SMILES string of the molecule is CCOC(=O)C(F)(F)C(F)(F)C(F)(F)I. The van der Waals surface area contributed by atoms with Crippen molar-refractivity contribution in [3.05, 3.63) is 0 Å². The third-order valence-corrected chi connectivity index (χ3v) is 1.96. The minimum atomic E-state index is -5.80. The summed E-state index contributed by atoms with van der Waals surface area (Å²) in [7, 11) is 0. The molecular formula is C6H5F6IO2. The molecule has 0 amide bonds. The first kappa shape index (κ1) is 14.8. The van der Waals surface area contributed by atoms with Crippen LogP contribution in [-0.4, -0.2) is 28.4 Å². The highest BCUT2D eigenvalue weighted by molar-refractivity contribution is 14.1. The van der Waals surface area contributed by atoms with Crippen LogP contribution in [0.1, 0.15) is 6.92 Å². The van der Waals surface area contributed by atoms with Gasteiger partial charge in [-0.15, -0.1) is 0 Å². The molecule has 0 atom stereocenters. The fourth-order valence-electron chi connectivity index (χ4n) is 0.528. The van der Waals surface area contributed by atoms with Gasteiger partial charge in [-0.1, -0.05) is 0 Å². The maximum Gasteiger partial charge on any atom is 0.411 e. The Bertz CT molecular complexity index is 248. The van der Waals surface area contributed by atoms with Crippen molar-refractivity contribution in [2.75, 3.05) is 6.61 Å². The molecule has 0 aliphatic carbocycles. The Kier molecular flexibility index (Phi) is 4.27. The van der Waals surface area contributed by atoms with Gasteiger partial charge in [-0.05, 0) is 6.92 Å². The minimum absolute atomic E-state index is 0.165. The zero-order valence-electron chi connectivity index (χ0n) is 7.17. The standard InChI is InChI=1S/C6H5F6IO2/c1-2-15-3(14)4(7,8)5(9,10)6(11,12)13/h2H2,1H3. The molecule has 0 aliphatic rings. The summed E-state index contributed by atoms with van der Waals surface area (Å²) < 4.78 is 72.9. The monoisotopic (exact) mass is 350 g/mol. The number of rotatable bonds is 4. The first-order chi connectivity index (χ1) is 6.48. The van der Waals surface area contributed by atoms with Crippen LogP contribution in [0.2, 0.25) is 0 Å². The van der Waals surface area contributed by atoms with Gasteiger partial charge in [0.05, 0.1) is 6.61 Å². The van der Waals surface area contributed by atoms with Crippen LogP contribution in [0.4, 0.5) is 26.3 Å². The topological polar surface area (TPSA) is 26.3 Å². The fourth-order valence-corrected chi connectivity index (χ4v) is 0.867. The Hall–Kier alpha value is -0.220. The summed E-state index contributed by atoms with van der Waals surface area (Å²) in [6.45, 7) is 0.464. The van der Waals surface area contributed by atoms with Crippen LogP contribution in [0.5, 0.6) is 0 Å². The van der Waals surface area contributed by atoms with Crippen molar-refractivity contribution in [3.63, 3.8) is 0 Å². The number of alkyl halides is 7. The van der Waals surface area contributed by atoms with Crippen LogP contribution in [0.3, 0.4) is 0 Å². The molecule has 0 N–H and O–H groups in total. The molecule has 0 radical (unpaired) electrons. The van der Waals surface area contributed by atoms with Gasteiger partial charge in [0.1, 0.15) is 0 Å². The van der Waals surface area contributed by atoms with E-state index in [0.717, 1.165) is 6.92 Å². The average molecular weight is 350 g/mol. The van der Waals surface area contributed by atoms with Crippen LogP contribution in [0, 0.1) is 0 Å². The van der Waals surface area contributed by atoms with Gasteiger partial charge in [-0.25, -0.2) is 4.79 Å². The van der Waals surface area contributed by atoms with Crippen molar-refractivity contribution >= 4 is 28.6 Å². The van der Waals surface area contributed by atoms with Gasteiger partial charge >= 0.3 is 21.7 Å². The second kappa shape index (κ2) is 4.34. The van der Waals surface area contributed by atoms with Crippen LogP contribution in [-0.2, 0) is 9.53 Å². The Morgan fingerprint density at radius 3 is 1.87 bits per heavy atom. The number of hydrogen-bond acceptors (Lipinski definition) is 2. The van der Waals surface area contributed by atoms with Gasteiger partial charge in [-0.2, -0.15) is 26.3 Å². The Morgan fingerprint density at radius 2 is 1.60 bits per heavy atom. The van der Waals surface area contributed by atoms with E-state index >= 15 is 0 Å². The molecule has 0 aromatic carbocycles. The molecule has 0 fully saturated rings. The highest BCUT2D eigenvalue weighted by Gasteiger charge is 2.75. The van der Waals surface area contributed by atoms with Gasteiger partial charge in [0, 0.05) is 22.6 Å². The molecule has 90 valence electrons. The van der Waals surface area contributed by atoms with Gasteiger partial charge in [0.25, 0.3) is 0 Å². The summed E-state index contributed by atoms with van der Waals surface area (Å²) in [6, 6.07) is 0. The quantitative estimate of drug-likeness (QED) is 0.337. The molecule has 0 unspecified atom stereocenters. The third kappa shape index (κ3) is 2.67. The third-order valence-electron chi connectivity index (χ3n) is 1.28. The predicted octanol–water partition coefficient (Wildman–Crippen LogP) is 2.85. The number of halogens is 7. The molecule has 0 saturated heterocycles. The molecule has 2 nitrogen and oxygen atoms in total. The number of carbonyl (C=O) groups excluding carboxylic acids is 1. The lowest BCUT2D eigenvalue weighted by molar-refractivity contribution is -0.270. The van der Waals surface area contributed by atoms with Gasteiger partial charge in [0.15, 0.2) is 0 Å². The molecule has 0 spiro atoms. The van der Waals surface area contributed by atoms with E-state index in [9.17, 15) is 31.1 Å². The molecule has 0 rings (SSSR count). The lowest BCUT2D eigenvalue weighted by atomic mass is 10.2. The van der Waals surface area contributed by atoms with Crippen molar-refractivity contribution in [1.82, 2.24) is 0 Å². The molecule has 0 aromatic rings. The van der Waals surface area contributed by atoms with Crippen molar-refractivity contribution < 1.29 is 35.9 Å². The van der Waals surface area contributed by atoms with E-state index in [2.05, 4.69) is 4.74 Å². The Labute approximate surface area is 94.1 Å². The maximum absolute atomic E-state index is 12.6. The smallest absolute Gasteiger partial charge is 0.411 e. The lowest BCUT2D eigenvalue weighted by Gasteiger charge is -2.27. The van der Waals surface area contributed by atoms with E-state index in [1.807, 2.05) is 0 Å². The fraction of sp³-hybridized carbons (Fsp3) is 0.833. The Balaban J connectivity index is 5.10. The van der Waals surface area contributed by atoms with Crippen LogP contribution < -0.4 is 0 Å². The van der Waals surface area contributed by atoms with Gasteiger partial charge < -0.3 is 4.74 Å². The first-order valence-corrected chi connectivity index (χ1v) is 4.56. The molecule has 0 aliphatic heterocycles. The van der Waals surface area contributed by atoms with E-state index in [1.54, 1.807) is 0 Å². The largest absolute Gasteiger partial charge is 0.461 e. The molecule has 0 saturated carbocycles. The van der Waals surface area contributed by atoms with E-state index in [-0.39, 0.29) is 22.6 Å². The van der Waals surface area contributed by atoms with Gasteiger partial charge in [-0.3, -0.25) is 0 Å². The summed E-state index contributed by atoms with van der Waals surface area (Å²) in [6.07, 6.45) is 0.